The van der Waals surface area contributed by atoms with Gasteiger partial charge in [-0.3, -0.25) is 14.3 Å². The molecule has 3 rings (SSSR count). The monoisotopic (exact) mass is 378 g/mol. The molecule has 0 amide bonds. The summed E-state index contributed by atoms with van der Waals surface area (Å²) >= 11 is 0. The molecule has 1 aromatic rings. The number of rotatable bonds is 3. The topological polar surface area (TPSA) is 174 Å². The molecule has 26 heavy (non-hydrogen) atoms. The number of hydrogen-bond donors (Lipinski definition) is 6. The molecule has 12 heteroatoms. The number of aliphatic hydroxyl groups is 5. The van der Waals surface area contributed by atoms with Gasteiger partial charge in [-0.1, -0.05) is 0 Å². The minimum Gasteiger partial charge on any atom is -0.394 e. The van der Waals surface area contributed by atoms with Crippen molar-refractivity contribution >= 4 is 0 Å². The Morgan fingerprint density at radius 3 is 2.54 bits per heavy atom. The normalized spacial score (nSPS) is 43.5. The minimum atomic E-state index is -3.64. The maximum absolute atomic E-state index is 15.3. The van der Waals surface area contributed by atoms with Gasteiger partial charge in [0, 0.05) is 18.7 Å². The first-order valence-electron chi connectivity index (χ1n) is 7.83. The molecule has 0 aliphatic carbocycles. The van der Waals surface area contributed by atoms with Gasteiger partial charge in [0.15, 0.2) is 0 Å². The molecule has 2 aliphatic rings. The van der Waals surface area contributed by atoms with Crippen molar-refractivity contribution in [2.75, 3.05) is 13.2 Å². The molecule has 3 heterocycles. The number of halogens is 1. The lowest BCUT2D eigenvalue weighted by Crippen LogP contribution is -2.66. The van der Waals surface area contributed by atoms with Crippen LogP contribution in [-0.2, 0) is 15.2 Å². The zero-order valence-electron chi connectivity index (χ0n) is 13.4. The molecule has 0 radical (unpaired) electrons. The Morgan fingerprint density at radius 2 is 2.00 bits per heavy atom. The average Bonchev–Trinajstić information content (AvgIpc) is 2.78. The van der Waals surface area contributed by atoms with E-state index >= 15 is 4.39 Å². The highest BCUT2D eigenvalue weighted by atomic mass is 19.2. The second-order valence-corrected chi connectivity index (χ2v) is 6.33. The number of alkyl halides is 1. The maximum atomic E-state index is 15.3. The van der Waals surface area contributed by atoms with Crippen molar-refractivity contribution in [1.82, 2.24) is 9.55 Å². The number of H-pyrrole nitrogens is 1. The molecule has 0 spiro atoms. The van der Waals surface area contributed by atoms with Crippen molar-refractivity contribution in [2.24, 2.45) is 0 Å². The Kier molecular flexibility index (Phi) is 4.77. The number of ether oxygens (including phenoxy) is 2. The SMILES string of the molecule is O=c1ccn([C@]2([C@H]3C[C@H](O)[C@H](O)CO3)O[C@H](CO)[C@@H](O)[C@]2(O)F)c(=O)[nH]1. The second-order valence-electron chi connectivity index (χ2n) is 6.33. The fourth-order valence-electron chi connectivity index (χ4n) is 3.38. The molecule has 1 aromatic heterocycles. The van der Waals surface area contributed by atoms with Crippen molar-refractivity contribution in [1.29, 1.82) is 0 Å². The van der Waals surface area contributed by atoms with Gasteiger partial charge in [0.25, 0.3) is 11.4 Å². The van der Waals surface area contributed by atoms with Crippen molar-refractivity contribution < 1.29 is 39.4 Å². The molecule has 0 saturated carbocycles. The average molecular weight is 378 g/mol. The van der Waals surface area contributed by atoms with Crippen LogP contribution in [0.4, 0.5) is 4.39 Å². The van der Waals surface area contributed by atoms with Gasteiger partial charge >= 0.3 is 5.69 Å². The van der Waals surface area contributed by atoms with Gasteiger partial charge in [-0.2, -0.15) is 0 Å². The first-order chi connectivity index (χ1) is 12.1. The molecular weight excluding hydrogens is 359 g/mol. The lowest BCUT2D eigenvalue weighted by atomic mass is 9.88. The number of aliphatic hydroxyl groups excluding tert-OH is 4. The summed E-state index contributed by atoms with van der Waals surface area (Å²) in [4.78, 5) is 25.4. The van der Waals surface area contributed by atoms with Crippen molar-refractivity contribution in [3.05, 3.63) is 33.1 Å². The highest BCUT2D eigenvalue weighted by Crippen LogP contribution is 2.49. The second kappa shape index (κ2) is 6.49. The van der Waals surface area contributed by atoms with Gasteiger partial charge in [0.2, 0.25) is 5.72 Å². The Morgan fingerprint density at radius 1 is 1.31 bits per heavy atom. The molecule has 6 N–H and O–H groups in total. The van der Waals surface area contributed by atoms with Gasteiger partial charge in [0.1, 0.15) is 24.4 Å². The van der Waals surface area contributed by atoms with Crippen LogP contribution in [0.5, 0.6) is 0 Å². The molecule has 0 aromatic carbocycles. The van der Waals surface area contributed by atoms with E-state index in [9.17, 15) is 35.1 Å². The zero-order chi connectivity index (χ0) is 19.3. The Labute approximate surface area is 144 Å². The highest BCUT2D eigenvalue weighted by molar-refractivity contribution is 5.11. The standard InChI is InChI=1S/C14H19FN2O9/c15-13(24)11(22)8(4-18)26-14(13,9-3-6(19)7(20)5-25-9)17-2-1-10(21)16-12(17)23/h1-2,6-9,11,18-20,22,24H,3-5H2,(H,16,21,23)/t6-,7+,8+,9+,11+,13+,14+/m0/s1. The largest absolute Gasteiger partial charge is 0.394 e. The van der Waals surface area contributed by atoms with Crippen molar-refractivity contribution in [2.45, 2.75) is 48.5 Å². The third-order valence-electron chi connectivity index (χ3n) is 4.74. The quantitative estimate of drug-likeness (QED) is 0.307. The molecular formula is C14H19FN2O9. The number of aromatic amines is 1. The van der Waals surface area contributed by atoms with Crippen LogP contribution in [0, 0.1) is 0 Å². The predicted molar refractivity (Wildman–Crippen MR) is 79.7 cm³/mol. The lowest BCUT2D eigenvalue weighted by molar-refractivity contribution is -0.318. The minimum absolute atomic E-state index is 0.467. The first-order valence-corrected chi connectivity index (χ1v) is 7.83. The molecule has 2 aliphatic heterocycles. The van der Waals surface area contributed by atoms with E-state index in [2.05, 4.69) is 0 Å². The van der Waals surface area contributed by atoms with E-state index in [1.54, 1.807) is 0 Å². The summed E-state index contributed by atoms with van der Waals surface area (Å²) in [5, 5.41) is 49.2. The van der Waals surface area contributed by atoms with Gasteiger partial charge in [-0.15, -0.1) is 0 Å². The summed E-state index contributed by atoms with van der Waals surface area (Å²) in [5.74, 6) is -3.64. The Balaban J connectivity index is 2.20. The highest BCUT2D eigenvalue weighted by Gasteiger charge is 2.72. The summed E-state index contributed by atoms with van der Waals surface area (Å²) in [7, 11) is 0. The summed E-state index contributed by atoms with van der Waals surface area (Å²) in [5.41, 5.74) is -4.72. The van der Waals surface area contributed by atoms with E-state index in [0.29, 0.717) is 4.57 Å². The van der Waals surface area contributed by atoms with E-state index in [4.69, 9.17) is 9.47 Å². The molecule has 7 atom stereocenters. The summed E-state index contributed by atoms with van der Waals surface area (Å²) < 4.78 is 26.5. The fourth-order valence-corrected chi connectivity index (χ4v) is 3.38. The fraction of sp³-hybridized carbons (Fsp3) is 0.714. The van der Waals surface area contributed by atoms with E-state index in [0.717, 1.165) is 12.3 Å². The van der Waals surface area contributed by atoms with Gasteiger partial charge in [-0.05, 0) is 0 Å². The first kappa shape index (κ1) is 19.1. The molecule has 2 saturated heterocycles. The van der Waals surface area contributed by atoms with Crippen LogP contribution in [0.15, 0.2) is 21.9 Å². The van der Waals surface area contributed by atoms with Crippen LogP contribution in [-0.4, -0.2) is 84.7 Å². The van der Waals surface area contributed by atoms with Crippen LogP contribution in [0.2, 0.25) is 0 Å². The number of aromatic nitrogens is 2. The smallest absolute Gasteiger partial charge is 0.330 e. The van der Waals surface area contributed by atoms with Crippen molar-refractivity contribution in [3.63, 3.8) is 0 Å². The third kappa shape index (κ3) is 2.62. The van der Waals surface area contributed by atoms with E-state index in [1.807, 2.05) is 4.98 Å². The van der Waals surface area contributed by atoms with Crippen molar-refractivity contribution in [3.8, 4) is 0 Å². The molecule has 2 fully saturated rings. The summed E-state index contributed by atoms with van der Waals surface area (Å²) in [6.45, 7) is -1.36. The van der Waals surface area contributed by atoms with E-state index in [1.165, 1.54) is 0 Å². The lowest BCUT2D eigenvalue weighted by Gasteiger charge is -2.45. The van der Waals surface area contributed by atoms with Gasteiger partial charge in [-0.25, -0.2) is 9.18 Å². The van der Waals surface area contributed by atoms with E-state index in [-0.39, 0.29) is 0 Å². The van der Waals surface area contributed by atoms with Crippen LogP contribution < -0.4 is 11.2 Å². The zero-order valence-corrected chi connectivity index (χ0v) is 13.4. The van der Waals surface area contributed by atoms with Crippen LogP contribution in [0.3, 0.4) is 0 Å². The number of nitrogens with zero attached hydrogens (tertiary/aromatic N) is 1. The van der Waals surface area contributed by atoms with Gasteiger partial charge < -0.3 is 35.0 Å². The Hall–Kier alpha value is -1.67. The third-order valence-corrected chi connectivity index (χ3v) is 4.74. The summed E-state index contributed by atoms with van der Waals surface area (Å²) in [6.07, 6.45) is -7.76. The van der Waals surface area contributed by atoms with E-state index < -0.39 is 73.0 Å². The van der Waals surface area contributed by atoms with Crippen LogP contribution in [0.1, 0.15) is 6.42 Å². The number of nitrogens with one attached hydrogen (secondary N) is 1. The maximum Gasteiger partial charge on any atom is 0.330 e. The number of hydrogen-bond acceptors (Lipinski definition) is 9. The predicted octanol–water partition coefficient (Wildman–Crippen LogP) is -3.89. The summed E-state index contributed by atoms with van der Waals surface area (Å²) in [6, 6.07) is 0.856. The Bertz CT molecular complexity index is 780. The van der Waals surface area contributed by atoms with Gasteiger partial charge in [0.05, 0.1) is 19.3 Å². The van der Waals surface area contributed by atoms with Crippen LogP contribution >= 0.6 is 0 Å². The molecule has 0 bridgehead atoms. The molecule has 146 valence electrons. The molecule has 0 unspecified atom stereocenters. The van der Waals surface area contributed by atoms with Crippen LogP contribution in [0.25, 0.3) is 0 Å². The molecule has 11 nitrogen and oxygen atoms in total.